The van der Waals surface area contributed by atoms with Crippen molar-refractivity contribution in [3.63, 3.8) is 0 Å². The molecule has 0 bridgehead atoms. The topological polar surface area (TPSA) is 51.6 Å². The molecule has 0 N–H and O–H groups in total. The summed E-state index contributed by atoms with van der Waals surface area (Å²) in [6.07, 6.45) is 12.3. The lowest BCUT2D eigenvalue weighted by Gasteiger charge is -2.15. The van der Waals surface area contributed by atoms with Crippen molar-refractivity contribution < 1.29 is 0 Å². The van der Waals surface area contributed by atoms with Gasteiger partial charge in [0.15, 0.2) is 0 Å². The van der Waals surface area contributed by atoms with Crippen molar-refractivity contribution in [2.75, 3.05) is 0 Å². The first-order valence-corrected chi connectivity index (χ1v) is 18.1. The summed E-state index contributed by atoms with van der Waals surface area (Å²) in [7, 11) is 0. The van der Waals surface area contributed by atoms with E-state index in [9.17, 15) is 0 Å². The van der Waals surface area contributed by atoms with Crippen molar-refractivity contribution in [3.8, 4) is 45.0 Å². The van der Waals surface area contributed by atoms with Gasteiger partial charge in [-0.05, 0) is 95.3 Å². The maximum absolute atomic E-state index is 5.24. The second kappa shape index (κ2) is 12.2. The van der Waals surface area contributed by atoms with Crippen molar-refractivity contribution >= 4 is 58.8 Å². The normalized spacial score (nSPS) is 13.0. The first-order valence-electron chi connectivity index (χ1n) is 17.3. The van der Waals surface area contributed by atoms with E-state index in [1.54, 1.807) is 0 Å². The molecular formula is C46H30N4S. The van der Waals surface area contributed by atoms with Crippen LogP contribution in [0.2, 0.25) is 0 Å². The molecule has 9 aromatic rings. The molecule has 0 atom stereocenters. The number of aromatic nitrogens is 4. The fourth-order valence-corrected chi connectivity index (χ4v) is 8.70. The third kappa shape index (κ3) is 5.13. The van der Waals surface area contributed by atoms with Crippen LogP contribution < -0.4 is 0 Å². The molecule has 5 heteroatoms. The van der Waals surface area contributed by atoms with Gasteiger partial charge >= 0.3 is 0 Å². The largest absolute Gasteiger partial charge is 0.255 e. The molecule has 0 amide bonds. The van der Waals surface area contributed by atoms with Gasteiger partial charge in [0.2, 0.25) is 0 Å². The third-order valence-electron chi connectivity index (χ3n) is 9.83. The first kappa shape index (κ1) is 29.6. The molecule has 5 aromatic heterocycles. The Bertz CT molecular complexity index is 2800. The summed E-state index contributed by atoms with van der Waals surface area (Å²) in [6, 6.07) is 44.9. The zero-order valence-electron chi connectivity index (χ0n) is 27.6. The molecule has 0 aliphatic heterocycles. The van der Waals surface area contributed by atoms with Crippen LogP contribution >= 0.6 is 11.3 Å². The average Bonchev–Trinajstić information content (AvgIpc) is 3.60. The number of hydrogen-bond acceptors (Lipinski definition) is 5. The molecule has 240 valence electrons. The van der Waals surface area contributed by atoms with Crippen LogP contribution in [0.25, 0.3) is 92.5 Å². The van der Waals surface area contributed by atoms with Crippen LogP contribution in [0.4, 0.5) is 0 Å². The third-order valence-corrected chi connectivity index (χ3v) is 11.0. The summed E-state index contributed by atoms with van der Waals surface area (Å²) < 4.78 is 2.58. The first-order chi connectivity index (χ1) is 25.3. The maximum Gasteiger partial charge on any atom is 0.0900 e. The number of hydrogen-bond donors (Lipinski definition) is 0. The van der Waals surface area contributed by atoms with E-state index in [-0.39, 0.29) is 0 Å². The lowest BCUT2D eigenvalue weighted by Crippen LogP contribution is -1.96. The van der Waals surface area contributed by atoms with Gasteiger partial charge < -0.3 is 0 Å². The lowest BCUT2D eigenvalue weighted by molar-refractivity contribution is 1.05. The molecule has 0 spiro atoms. The highest BCUT2D eigenvalue weighted by molar-refractivity contribution is 7.26. The Labute approximate surface area is 299 Å². The Morgan fingerprint density at radius 3 is 2.04 bits per heavy atom. The van der Waals surface area contributed by atoms with Gasteiger partial charge in [0.1, 0.15) is 0 Å². The van der Waals surface area contributed by atoms with Gasteiger partial charge in [0.05, 0.1) is 34.0 Å². The molecular weight excluding hydrogens is 641 g/mol. The fraction of sp³-hybridized carbons (Fsp3) is 0.0435. The van der Waals surface area contributed by atoms with E-state index < -0.39 is 0 Å². The van der Waals surface area contributed by atoms with Gasteiger partial charge in [-0.3, -0.25) is 9.97 Å². The zero-order chi connectivity index (χ0) is 33.7. The molecule has 4 nitrogen and oxygen atoms in total. The minimum absolute atomic E-state index is 0.818. The van der Waals surface area contributed by atoms with Crippen LogP contribution in [0.5, 0.6) is 0 Å². The van der Waals surface area contributed by atoms with Crippen LogP contribution in [0.1, 0.15) is 18.5 Å². The summed E-state index contributed by atoms with van der Waals surface area (Å²) in [5, 5.41) is 6.31. The standard InChI is InChI=1S/C46H30N4S/c1-2-12-29(13-3-1)45-35-22-23-42-44(43(35)34-16-4-5-19-37(34)50-45)36-18-11-17-33(46(36)51-42)31-15-10-14-30(26-31)32-27-40(38-20-6-8-24-47-38)49-41(28-32)39-21-7-9-25-48-39/h1-2,4-12,14-28H,3,13H2. The van der Waals surface area contributed by atoms with Crippen LogP contribution in [0, 0.1) is 0 Å². The predicted molar refractivity (Wildman–Crippen MR) is 214 cm³/mol. The monoisotopic (exact) mass is 670 g/mol. The lowest BCUT2D eigenvalue weighted by atomic mass is 9.92. The van der Waals surface area contributed by atoms with Gasteiger partial charge in [0, 0.05) is 48.7 Å². The Morgan fingerprint density at radius 2 is 1.27 bits per heavy atom. The molecule has 0 radical (unpaired) electrons. The van der Waals surface area contributed by atoms with Crippen LogP contribution in [0.15, 0.2) is 158 Å². The van der Waals surface area contributed by atoms with Crippen LogP contribution in [-0.4, -0.2) is 19.9 Å². The summed E-state index contributed by atoms with van der Waals surface area (Å²) in [6.45, 7) is 0. The van der Waals surface area contributed by atoms with Gasteiger partial charge in [-0.1, -0.05) is 91.0 Å². The van der Waals surface area contributed by atoms with E-state index in [1.807, 2.05) is 60.1 Å². The molecule has 4 aromatic carbocycles. The average molecular weight is 671 g/mol. The number of allylic oxidation sites excluding steroid dienone is 4. The number of para-hydroxylation sites is 1. The van der Waals surface area contributed by atoms with Gasteiger partial charge in [-0.25, -0.2) is 9.97 Å². The summed E-state index contributed by atoms with van der Waals surface area (Å²) in [4.78, 5) is 19.5. The highest BCUT2D eigenvalue weighted by Crippen LogP contribution is 2.46. The quantitative estimate of drug-likeness (QED) is 0.171. The van der Waals surface area contributed by atoms with E-state index in [0.717, 1.165) is 58.0 Å². The van der Waals surface area contributed by atoms with Crippen LogP contribution in [0.3, 0.4) is 0 Å². The second-order valence-corrected chi connectivity index (χ2v) is 14.0. The summed E-state index contributed by atoms with van der Waals surface area (Å²) >= 11 is 1.88. The molecule has 1 aliphatic rings. The van der Waals surface area contributed by atoms with Crippen LogP contribution in [-0.2, 0) is 0 Å². The Balaban J connectivity index is 1.17. The van der Waals surface area contributed by atoms with Crippen molar-refractivity contribution in [1.29, 1.82) is 0 Å². The number of fused-ring (bicyclic) bond motifs is 7. The summed E-state index contributed by atoms with van der Waals surface area (Å²) in [5.41, 5.74) is 11.3. The Hall–Kier alpha value is -6.30. The van der Waals surface area contributed by atoms with Crippen molar-refractivity contribution in [1.82, 2.24) is 19.9 Å². The highest BCUT2D eigenvalue weighted by Gasteiger charge is 2.19. The molecule has 0 unspecified atom stereocenters. The minimum atomic E-state index is 0.818. The van der Waals surface area contributed by atoms with Gasteiger partial charge in [-0.2, -0.15) is 0 Å². The molecule has 1 aliphatic carbocycles. The van der Waals surface area contributed by atoms with E-state index in [2.05, 4.69) is 119 Å². The number of benzene rings is 4. The number of thiophene rings is 1. The molecule has 0 saturated carbocycles. The Kier molecular flexibility index (Phi) is 7.10. The number of rotatable bonds is 5. The predicted octanol–water partition coefficient (Wildman–Crippen LogP) is 12.3. The molecule has 51 heavy (non-hydrogen) atoms. The fourth-order valence-electron chi connectivity index (χ4n) is 7.46. The second-order valence-electron chi connectivity index (χ2n) is 12.9. The Morgan fingerprint density at radius 1 is 0.529 bits per heavy atom. The van der Waals surface area contributed by atoms with Crippen molar-refractivity contribution in [3.05, 3.63) is 164 Å². The molecule has 0 fully saturated rings. The molecule has 5 heterocycles. The smallest absolute Gasteiger partial charge is 0.0900 e. The molecule has 10 rings (SSSR count). The number of pyridine rings is 4. The maximum atomic E-state index is 5.24. The zero-order valence-corrected chi connectivity index (χ0v) is 28.4. The van der Waals surface area contributed by atoms with Gasteiger partial charge in [0.25, 0.3) is 0 Å². The molecule has 0 saturated heterocycles. The van der Waals surface area contributed by atoms with Gasteiger partial charge in [-0.15, -0.1) is 11.3 Å². The van der Waals surface area contributed by atoms with E-state index in [4.69, 9.17) is 9.97 Å². The minimum Gasteiger partial charge on any atom is -0.255 e. The van der Waals surface area contributed by atoms with Crippen molar-refractivity contribution in [2.24, 2.45) is 0 Å². The highest BCUT2D eigenvalue weighted by atomic mass is 32.1. The number of nitrogens with zero attached hydrogens (tertiary/aromatic N) is 4. The van der Waals surface area contributed by atoms with E-state index >= 15 is 0 Å². The SMILES string of the molecule is C1=CCCC(c2nc3ccccc3c3c2ccc2sc4c(-c5cccc(-c6cc(-c7ccccn7)nc(-c7ccccn7)c6)c5)cccc4c23)=C1. The van der Waals surface area contributed by atoms with E-state index in [1.165, 1.54) is 53.0 Å². The van der Waals surface area contributed by atoms with Crippen molar-refractivity contribution in [2.45, 2.75) is 12.8 Å². The summed E-state index contributed by atoms with van der Waals surface area (Å²) in [5.74, 6) is 0. The van der Waals surface area contributed by atoms with E-state index in [0.29, 0.717) is 0 Å².